The van der Waals surface area contributed by atoms with E-state index in [4.69, 9.17) is 34.8 Å². The van der Waals surface area contributed by atoms with Gasteiger partial charge in [-0.1, -0.05) is 61.6 Å². The van der Waals surface area contributed by atoms with Crippen molar-refractivity contribution in [3.8, 4) is 0 Å². The van der Waals surface area contributed by atoms with Crippen molar-refractivity contribution in [3.63, 3.8) is 0 Å². The van der Waals surface area contributed by atoms with Crippen LogP contribution in [0.3, 0.4) is 0 Å². The number of likely N-dealkylation sites (tertiary alicyclic amines) is 1. The number of nitrogens with one attached hydrogen (secondary N) is 1. The standard InChI is InChI=1S/C18H24Cl3N3O2/c1-17(2,3)16(26)22-15(18(19,20)21)23-8-11-7-12(10-23)13-5-4-6-14(25)24(13)9-11/h4-6,11-12,15H,7-10H2,1-3H3,(H,22,26)/t11-,12+,15?/m1/s1. The molecule has 5 nitrogen and oxygen atoms in total. The molecule has 1 saturated heterocycles. The van der Waals surface area contributed by atoms with Crippen LogP contribution < -0.4 is 10.9 Å². The van der Waals surface area contributed by atoms with Crippen LogP contribution in [0.4, 0.5) is 0 Å². The zero-order valence-corrected chi connectivity index (χ0v) is 17.4. The van der Waals surface area contributed by atoms with Gasteiger partial charge in [-0.2, -0.15) is 0 Å². The van der Waals surface area contributed by atoms with Gasteiger partial charge in [0.2, 0.25) is 9.70 Å². The fourth-order valence-corrected chi connectivity index (χ4v) is 4.44. The molecule has 1 N–H and O–H groups in total. The van der Waals surface area contributed by atoms with Crippen molar-refractivity contribution >= 4 is 40.7 Å². The summed E-state index contributed by atoms with van der Waals surface area (Å²) in [7, 11) is 0. The molecule has 0 radical (unpaired) electrons. The molecule has 2 aliphatic heterocycles. The van der Waals surface area contributed by atoms with Gasteiger partial charge in [-0.3, -0.25) is 14.5 Å². The fraction of sp³-hybridized carbons (Fsp3) is 0.667. The van der Waals surface area contributed by atoms with Gasteiger partial charge < -0.3 is 9.88 Å². The Morgan fingerprint density at radius 3 is 2.50 bits per heavy atom. The molecule has 1 aromatic rings. The summed E-state index contributed by atoms with van der Waals surface area (Å²) in [5.74, 6) is 0.293. The third kappa shape index (κ3) is 4.06. The molecule has 26 heavy (non-hydrogen) atoms. The molecule has 1 fully saturated rings. The number of aromatic nitrogens is 1. The van der Waals surface area contributed by atoms with E-state index in [0.717, 1.165) is 12.1 Å². The second kappa shape index (κ2) is 7.01. The van der Waals surface area contributed by atoms with Crippen LogP contribution in [0.1, 0.15) is 38.8 Å². The molecule has 1 aromatic heterocycles. The Labute approximate surface area is 168 Å². The summed E-state index contributed by atoms with van der Waals surface area (Å²) in [5.41, 5.74) is 0.466. The first-order chi connectivity index (χ1) is 12.0. The lowest BCUT2D eigenvalue weighted by Crippen LogP contribution is -2.61. The Hall–Kier alpha value is -0.750. The van der Waals surface area contributed by atoms with Crippen molar-refractivity contribution in [2.75, 3.05) is 13.1 Å². The monoisotopic (exact) mass is 419 g/mol. The van der Waals surface area contributed by atoms with E-state index in [-0.39, 0.29) is 23.3 Å². The first-order valence-electron chi connectivity index (χ1n) is 8.78. The van der Waals surface area contributed by atoms with Gasteiger partial charge in [-0.05, 0) is 18.4 Å². The molecule has 1 unspecified atom stereocenters. The SMILES string of the molecule is CC(C)(C)C(=O)NC(N1C[C@H]2C[C@@H](C1)c1cccc(=O)n1C2)C(Cl)(Cl)Cl. The number of hydrogen-bond acceptors (Lipinski definition) is 3. The van der Waals surface area contributed by atoms with E-state index in [1.54, 1.807) is 12.1 Å². The third-order valence-corrected chi connectivity index (χ3v) is 5.75. The molecule has 3 heterocycles. The number of halogens is 3. The largest absolute Gasteiger partial charge is 0.336 e. The maximum absolute atomic E-state index is 12.5. The van der Waals surface area contributed by atoms with E-state index in [1.807, 2.05) is 36.3 Å². The molecule has 0 aromatic carbocycles. The van der Waals surface area contributed by atoms with E-state index >= 15 is 0 Å². The molecule has 3 atom stereocenters. The number of nitrogens with zero attached hydrogens (tertiary/aromatic N) is 2. The molecular weight excluding hydrogens is 397 g/mol. The fourth-order valence-electron chi connectivity index (χ4n) is 3.87. The average Bonchev–Trinajstić information content (AvgIpc) is 2.51. The predicted octanol–water partition coefficient (Wildman–Crippen LogP) is 3.13. The van der Waals surface area contributed by atoms with Gasteiger partial charge in [0.1, 0.15) is 6.17 Å². The van der Waals surface area contributed by atoms with Crippen LogP contribution in [-0.4, -0.2) is 38.4 Å². The number of carbonyl (C=O) groups is 1. The minimum absolute atomic E-state index is 0.0320. The van der Waals surface area contributed by atoms with E-state index in [2.05, 4.69) is 5.32 Å². The first-order valence-corrected chi connectivity index (χ1v) is 9.91. The van der Waals surface area contributed by atoms with Gasteiger partial charge in [0, 0.05) is 42.7 Å². The maximum Gasteiger partial charge on any atom is 0.250 e. The normalized spacial score (nSPS) is 24.7. The number of rotatable bonds is 2. The summed E-state index contributed by atoms with van der Waals surface area (Å²) >= 11 is 18.7. The lowest BCUT2D eigenvalue weighted by Gasteiger charge is -2.47. The van der Waals surface area contributed by atoms with Crippen molar-refractivity contribution in [2.45, 2.75) is 49.6 Å². The molecule has 1 amide bonds. The summed E-state index contributed by atoms with van der Waals surface area (Å²) in [6.07, 6.45) is 0.284. The Morgan fingerprint density at radius 2 is 1.88 bits per heavy atom. The summed E-state index contributed by atoms with van der Waals surface area (Å²) in [6, 6.07) is 5.38. The number of fused-ring (bicyclic) bond motifs is 4. The van der Waals surface area contributed by atoms with Gasteiger partial charge in [0.05, 0.1) is 0 Å². The Bertz CT molecular complexity index is 751. The highest BCUT2D eigenvalue weighted by Crippen LogP contribution is 2.40. The zero-order chi connectivity index (χ0) is 19.3. The van der Waals surface area contributed by atoms with Gasteiger partial charge in [-0.15, -0.1) is 0 Å². The predicted molar refractivity (Wildman–Crippen MR) is 105 cm³/mol. The quantitative estimate of drug-likeness (QED) is 0.748. The van der Waals surface area contributed by atoms with Gasteiger partial charge in [-0.25, -0.2) is 0 Å². The van der Waals surface area contributed by atoms with Gasteiger partial charge >= 0.3 is 0 Å². The summed E-state index contributed by atoms with van der Waals surface area (Å²) < 4.78 is 0.206. The lowest BCUT2D eigenvalue weighted by atomic mass is 9.83. The molecule has 2 aliphatic rings. The lowest BCUT2D eigenvalue weighted by molar-refractivity contribution is -0.131. The summed E-state index contributed by atoms with van der Waals surface area (Å²) in [5, 5.41) is 2.91. The van der Waals surface area contributed by atoms with Crippen LogP contribution in [0.15, 0.2) is 23.0 Å². The number of alkyl halides is 3. The van der Waals surface area contributed by atoms with Gasteiger partial charge in [0.25, 0.3) is 5.56 Å². The molecular formula is C18H24Cl3N3O2. The molecule has 8 heteroatoms. The minimum Gasteiger partial charge on any atom is -0.336 e. The van der Waals surface area contributed by atoms with Crippen molar-refractivity contribution in [2.24, 2.45) is 11.3 Å². The smallest absolute Gasteiger partial charge is 0.250 e. The number of amides is 1. The highest BCUT2D eigenvalue weighted by atomic mass is 35.6. The average molecular weight is 421 g/mol. The van der Waals surface area contributed by atoms with Crippen LogP contribution >= 0.6 is 34.8 Å². The van der Waals surface area contributed by atoms with Crippen LogP contribution in [0, 0.1) is 11.3 Å². The molecule has 0 spiro atoms. The van der Waals surface area contributed by atoms with Crippen molar-refractivity contribution in [1.82, 2.24) is 14.8 Å². The van der Waals surface area contributed by atoms with Crippen molar-refractivity contribution < 1.29 is 4.79 Å². The zero-order valence-electron chi connectivity index (χ0n) is 15.1. The van der Waals surface area contributed by atoms with Crippen molar-refractivity contribution in [1.29, 1.82) is 0 Å². The Balaban J connectivity index is 1.87. The number of carbonyl (C=O) groups excluding carboxylic acids is 1. The van der Waals surface area contributed by atoms with Crippen molar-refractivity contribution in [3.05, 3.63) is 34.2 Å². The molecule has 2 bridgehead atoms. The molecule has 0 aliphatic carbocycles. The molecule has 0 saturated carbocycles. The first kappa shape index (κ1) is 20.0. The Kier molecular flexibility index (Phi) is 5.39. The minimum atomic E-state index is -1.65. The summed E-state index contributed by atoms with van der Waals surface area (Å²) in [6.45, 7) is 7.42. The third-order valence-electron chi connectivity index (χ3n) is 5.13. The van der Waals surface area contributed by atoms with Crippen LogP contribution in [0.2, 0.25) is 0 Å². The Morgan fingerprint density at radius 1 is 1.19 bits per heavy atom. The van der Waals surface area contributed by atoms with E-state index in [1.165, 1.54) is 0 Å². The van der Waals surface area contributed by atoms with Gasteiger partial charge in [0.15, 0.2) is 0 Å². The van der Waals surface area contributed by atoms with E-state index < -0.39 is 15.4 Å². The molecule has 3 rings (SSSR count). The summed E-state index contributed by atoms with van der Waals surface area (Å²) in [4.78, 5) is 26.7. The molecule has 144 valence electrons. The number of hydrogen-bond donors (Lipinski definition) is 1. The van der Waals surface area contributed by atoms with E-state index in [0.29, 0.717) is 19.6 Å². The maximum atomic E-state index is 12.5. The van der Waals surface area contributed by atoms with Crippen LogP contribution in [0.5, 0.6) is 0 Å². The van der Waals surface area contributed by atoms with E-state index in [9.17, 15) is 9.59 Å². The second-order valence-electron chi connectivity index (χ2n) is 8.32. The van der Waals surface area contributed by atoms with Crippen LogP contribution in [-0.2, 0) is 11.3 Å². The van der Waals surface area contributed by atoms with Crippen LogP contribution in [0.25, 0.3) is 0 Å². The highest BCUT2D eigenvalue weighted by Gasteiger charge is 2.45. The topological polar surface area (TPSA) is 54.3 Å². The number of pyridine rings is 1. The highest BCUT2D eigenvalue weighted by molar-refractivity contribution is 6.68. The number of piperidine rings is 1. The second-order valence-corrected chi connectivity index (χ2v) is 10.7.